The molecular formula is C15H22FNS2. The van der Waals surface area contributed by atoms with Crippen LogP contribution in [-0.2, 0) is 0 Å². The number of rotatable bonds is 5. The third-order valence-corrected chi connectivity index (χ3v) is 6.12. The summed E-state index contributed by atoms with van der Waals surface area (Å²) in [6, 6.07) is 5.69. The third-order valence-electron chi connectivity index (χ3n) is 3.25. The molecule has 1 fully saturated rings. The normalized spacial score (nSPS) is 21.3. The summed E-state index contributed by atoms with van der Waals surface area (Å²) in [5, 5.41) is 4.16. The van der Waals surface area contributed by atoms with E-state index in [0.29, 0.717) is 5.25 Å². The van der Waals surface area contributed by atoms with Crippen molar-refractivity contribution in [1.29, 1.82) is 0 Å². The van der Waals surface area contributed by atoms with E-state index in [9.17, 15) is 4.39 Å². The van der Waals surface area contributed by atoms with Crippen LogP contribution in [0.4, 0.5) is 4.39 Å². The van der Waals surface area contributed by atoms with Crippen molar-refractivity contribution in [3.63, 3.8) is 0 Å². The molecule has 2 rings (SSSR count). The van der Waals surface area contributed by atoms with Crippen molar-refractivity contribution in [3.8, 4) is 0 Å². The number of benzene rings is 1. The molecule has 4 heteroatoms. The Kier molecular flexibility index (Phi) is 6.05. The molecule has 0 aromatic heterocycles. The van der Waals surface area contributed by atoms with Crippen LogP contribution >= 0.6 is 23.5 Å². The van der Waals surface area contributed by atoms with Gasteiger partial charge >= 0.3 is 0 Å². The Balaban J connectivity index is 2.19. The highest BCUT2D eigenvalue weighted by Crippen LogP contribution is 2.34. The highest BCUT2D eigenvalue weighted by atomic mass is 32.2. The molecule has 1 saturated heterocycles. The predicted octanol–water partition coefficient (Wildman–Crippen LogP) is 4.02. The maximum absolute atomic E-state index is 13.6. The average molecular weight is 299 g/mol. The lowest BCUT2D eigenvalue weighted by molar-refractivity contribution is 0.524. The Morgan fingerprint density at radius 2 is 2.21 bits per heavy atom. The lowest BCUT2D eigenvalue weighted by Gasteiger charge is -2.31. The fraction of sp³-hybridized carbons (Fsp3) is 0.600. The summed E-state index contributed by atoms with van der Waals surface area (Å²) in [5.74, 6) is 3.48. The zero-order valence-corrected chi connectivity index (χ0v) is 13.2. The first-order valence-electron chi connectivity index (χ1n) is 6.90. The number of thioether (sulfide) groups is 2. The van der Waals surface area contributed by atoms with E-state index in [1.807, 2.05) is 30.4 Å². The van der Waals surface area contributed by atoms with Gasteiger partial charge in [0.2, 0.25) is 0 Å². The molecule has 1 nitrogen and oxygen atoms in total. The number of halogens is 1. The van der Waals surface area contributed by atoms with E-state index in [2.05, 4.69) is 18.3 Å². The van der Waals surface area contributed by atoms with Crippen LogP contribution in [-0.4, -0.2) is 29.1 Å². The summed E-state index contributed by atoms with van der Waals surface area (Å²) in [6.45, 7) is 5.12. The Hall–Kier alpha value is -0.190. The van der Waals surface area contributed by atoms with Crippen LogP contribution in [0.15, 0.2) is 18.2 Å². The molecule has 2 atom stereocenters. The number of nitrogens with one attached hydrogen (secondary N) is 1. The van der Waals surface area contributed by atoms with Crippen LogP contribution in [0.3, 0.4) is 0 Å². The van der Waals surface area contributed by atoms with Crippen molar-refractivity contribution in [1.82, 2.24) is 5.32 Å². The largest absolute Gasteiger partial charge is 0.309 e. The van der Waals surface area contributed by atoms with E-state index in [-0.39, 0.29) is 11.9 Å². The molecule has 2 unspecified atom stereocenters. The van der Waals surface area contributed by atoms with Crippen LogP contribution < -0.4 is 5.32 Å². The predicted molar refractivity (Wildman–Crippen MR) is 85.7 cm³/mol. The zero-order chi connectivity index (χ0) is 13.7. The molecule has 1 heterocycles. The Morgan fingerprint density at radius 3 is 2.84 bits per heavy atom. The van der Waals surface area contributed by atoms with Crippen molar-refractivity contribution >= 4 is 23.5 Å². The molecule has 0 aliphatic carbocycles. The van der Waals surface area contributed by atoms with E-state index in [1.54, 1.807) is 12.1 Å². The Morgan fingerprint density at radius 1 is 1.37 bits per heavy atom. The molecule has 106 valence electrons. The number of hydrogen-bond acceptors (Lipinski definition) is 3. The van der Waals surface area contributed by atoms with Gasteiger partial charge in [-0.1, -0.05) is 13.0 Å². The lowest BCUT2D eigenvalue weighted by atomic mass is 10.0. The van der Waals surface area contributed by atoms with Gasteiger partial charge in [0.05, 0.1) is 0 Å². The van der Waals surface area contributed by atoms with Crippen molar-refractivity contribution in [2.75, 3.05) is 23.8 Å². The fourth-order valence-electron chi connectivity index (χ4n) is 2.41. The summed E-state index contributed by atoms with van der Waals surface area (Å²) in [6.07, 6.45) is 1.11. The summed E-state index contributed by atoms with van der Waals surface area (Å²) in [5.41, 5.74) is 2.11. The van der Waals surface area contributed by atoms with Crippen molar-refractivity contribution < 1.29 is 4.39 Å². The topological polar surface area (TPSA) is 12.0 Å². The maximum Gasteiger partial charge on any atom is 0.123 e. The average Bonchev–Trinajstić information content (AvgIpc) is 2.39. The first kappa shape index (κ1) is 15.2. The van der Waals surface area contributed by atoms with Gasteiger partial charge in [-0.25, -0.2) is 4.39 Å². The molecule has 1 aliphatic heterocycles. The van der Waals surface area contributed by atoms with E-state index in [1.165, 1.54) is 11.5 Å². The minimum atomic E-state index is -0.119. The van der Waals surface area contributed by atoms with Gasteiger partial charge in [-0.3, -0.25) is 0 Å². The molecule has 0 radical (unpaired) electrons. The van der Waals surface area contributed by atoms with Crippen LogP contribution in [0.2, 0.25) is 0 Å². The minimum Gasteiger partial charge on any atom is -0.309 e. The minimum absolute atomic E-state index is 0.119. The summed E-state index contributed by atoms with van der Waals surface area (Å²) in [7, 11) is 0. The summed E-state index contributed by atoms with van der Waals surface area (Å²) < 4.78 is 13.6. The molecule has 0 saturated carbocycles. The maximum atomic E-state index is 13.6. The summed E-state index contributed by atoms with van der Waals surface area (Å²) >= 11 is 4.04. The highest BCUT2D eigenvalue weighted by Gasteiger charge is 2.25. The van der Waals surface area contributed by atoms with Gasteiger partial charge in [0, 0.05) is 28.6 Å². The molecule has 19 heavy (non-hydrogen) atoms. The standard InChI is InChI=1S/C15H22FNS2/c1-3-4-17-15(14-10-18-5-6-19-14)12-7-11(2)8-13(16)9-12/h7-9,14-15,17H,3-6,10H2,1-2H3. The van der Waals surface area contributed by atoms with Crippen molar-refractivity contribution in [3.05, 3.63) is 35.1 Å². The van der Waals surface area contributed by atoms with Crippen LogP contribution in [0.25, 0.3) is 0 Å². The fourth-order valence-corrected chi connectivity index (χ4v) is 5.28. The van der Waals surface area contributed by atoms with E-state index >= 15 is 0 Å². The number of aryl methyl sites for hydroxylation is 1. The second-order valence-electron chi connectivity index (χ2n) is 4.98. The second kappa shape index (κ2) is 7.55. The van der Waals surface area contributed by atoms with Crippen LogP contribution in [0.1, 0.15) is 30.5 Å². The van der Waals surface area contributed by atoms with Gasteiger partial charge in [-0.15, -0.1) is 0 Å². The van der Waals surface area contributed by atoms with Crippen molar-refractivity contribution in [2.45, 2.75) is 31.6 Å². The first-order chi connectivity index (χ1) is 9.20. The summed E-state index contributed by atoms with van der Waals surface area (Å²) in [4.78, 5) is 0. The van der Waals surface area contributed by atoms with Gasteiger partial charge in [0.1, 0.15) is 5.82 Å². The third kappa shape index (κ3) is 4.40. The smallest absolute Gasteiger partial charge is 0.123 e. The molecule has 0 bridgehead atoms. The molecule has 1 N–H and O–H groups in total. The monoisotopic (exact) mass is 299 g/mol. The molecule has 1 aromatic rings. The quantitative estimate of drug-likeness (QED) is 0.882. The zero-order valence-electron chi connectivity index (χ0n) is 11.6. The Bertz CT molecular complexity index is 385. The van der Waals surface area contributed by atoms with E-state index in [0.717, 1.165) is 29.8 Å². The van der Waals surface area contributed by atoms with Gasteiger partial charge < -0.3 is 5.32 Å². The van der Waals surface area contributed by atoms with Gasteiger partial charge in [-0.2, -0.15) is 23.5 Å². The molecule has 0 amide bonds. The first-order valence-corrected chi connectivity index (χ1v) is 9.11. The molecule has 0 spiro atoms. The second-order valence-corrected chi connectivity index (χ2v) is 7.47. The van der Waals surface area contributed by atoms with Crippen LogP contribution in [0.5, 0.6) is 0 Å². The van der Waals surface area contributed by atoms with E-state index in [4.69, 9.17) is 0 Å². The van der Waals surface area contributed by atoms with E-state index < -0.39 is 0 Å². The molecule has 1 aromatic carbocycles. The van der Waals surface area contributed by atoms with Crippen LogP contribution in [0, 0.1) is 12.7 Å². The van der Waals surface area contributed by atoms with Gasteiger partial charge in [0.15, 0.2) is 0 Å². The van der Waals surface area contributed by atoms with Crippen molar-refractivity contribution in [2.24, 2.45) is 0 Å². The SMILES string of the molecule is CCCNC(c1cc(C)cc(F)c1)C1CSCCS1. The highest BCUT2D eigenvalue weighted by molar-refractivity contribution is 8.06. The Labute approximate surface area is 124 Å². The van der Waals surface area contributed by atoms with Gasteiger partial charge in [0.25, 0.3) is 0 Å². The van der Waals surface area contributed by atoms with Gasteiger partial charge in [-0.05, 0) is 43.1 Å². The molecular weight excluding hydrogens is 277 g/mol. The number of hydrogen-bond donors (Lipinski definition) is 1. The lowest BCUT2D eigenvalue weighted by Crippen LogP contribution is -2.34. The molecule has 1 aliphatic rings.